The maximum absolute atomic E-state index is 13.3. The highest BCUT2D eigenvalue weighted by atomic mass is 35.5. The van der Waals surface area contributed by atoms with Crippen LogP contribution in [0.5, 0.6) is 0 Å². The van der Waals surface area contributed by atoms with E-state index in [1.807, 2.05) is 0 Å². The molecule has 0 bridgehead atoms. The van der Waals surface area contributed by atoms with Gasteiger partial charge in [-0.3, -0.25) is 4.79 Å². The molecule has 0 saturated heterocycles. The first-order valence-electron chi connectivity index (χ1n) is 4.82. The van der Waals surface area contributed by atoms with Gasteiger partial charge < -0.3 is 9.71 Å². The minimum absolute atomic E-state index is 0.206. The molecular formula is C11H7ClF2N2OS. The minimum Gasteiger partial charge on any atom is -0.312 e. The van der Waals surface area contributed by atoms with Crippen LogP contribution < -0.4 is 10.3 Å². The fourth-order valence-electron chi connectivity index (χ4n) is 1.23. The Labute approximate surface area is 110 Å². The molecule has 0 saturated carbocycles. The Morgan fingerprint density at radius 1 is 1.22 bits per heavy atom. The van der Waals surface area contributed by atoms with Crippen molar-refractivity contribution in [2.45, 2.75) is 4.90 Å². The molecule has 2 rings (SSSR count). The monoisotopic (exact) mass is 288 g/mol. The van der Waals surface area contributed by atoms with Gasteiger partial charge in [-0.1, -0.05) is 11.6 Å². The van der Waals surface area contributed by atoms with Crippen molar-refractivity contribution in [1.82, 2.24) is 4.98 Å². The van der Waals surface area contributed by atoms with Crippen LogP contribution in [0, 0.1) is 11.6 Å². The number of H-pyrrole nitrogens is 1. The van der Waals surface area contributed by atoms with E-state index < -0.39 is 11.6 Å². The van der Waals surface area contributed by atoms with Gasteiger partial charge in [0, 0.05) is 17.2 Å². The number of pyridine rings is 1. The van der Waals surface area contributed by atoms with E-state index >= 15 is 0 Å². The normalized spacial score (nSPS) is 10.4. The number of hydrogen-bond acceptors (Lipinski definition) is 3. The number of halogens is 3. The first-order chi connectivity index (χ1) is 8.54. The van der Waals surface area contributed by atoms with Crippen molar-refractivity contribution >= 4 is 29.4 Å². The topological polar surface area (TPSA) is 44.9 Å². The van der Waals surface area contributed by atoms with Crippen LogP contribution in [-0.4, -0.2) is 4.98 Å². The molecule has 1 aromatic carbocycles. The molecule has 0 spiro atoms. The Morgan fingerprint density at radius 3 is 2.67 bits per heavy atom. The summed E-state index contributed by atoms with van der Waals surface area (Å²) in [5.74, 6) is -0.994. The van der Waals surface area contributed by atoms with Crippen molar-refractivity contribution in [3.63, 3.8) is 0 Å². The Kier molecular flexibility index (Phi) is 3.88. The molecule has 3 nitrogen and oxygen atoms in total. The van der Waals surface area contributed by atoms with E-state index in [2.05, 4.69) is 9.71 Å². The highest BCUT2D eigenvalue weighted by Crippen LogP contribution is 2.23. The second-order valence-corrected chi connectivity index (χ2v) is 4.64. The number of hydrogen-bond donors (Lipinski definition) is 2. The number of nitrogens with one attached hydrogen (secondary N) is 2. The van der Waals surface area contributed by atoms with Crippen molar-refractivity contribution in [2.75, 3.05) is 4.72 Å². The molecule has 0 unspecified atom stereocenters. The zero-order valence-electron chi connectivity index (χ0n) is 8.84. The molecule has 0 fully saturated rings. The Hall–Kier alpha value is -1.53. The predicted molar refractivity (Wildman–Crippen MR) is 67.9 cm³/mol. The molecule has 7 heteroatoms. The highest BCUT2D eigenvalue weighted by Gasteiger charge is 2.05. The first kappa shape index (κ1) is 12.9. The number of rotatable bonds is 3. The minimum atomic E-state index is -0.683. The molecule has 0 aliphatic heterocycles. The fraction of sp³-hybridized carbons (Fsp3) is 0. The van der Waals surface area contributed by atoms with Gasteiger partial charge in [0.25, 0.3) is 5.56 Å². The van der Waals surface area contributed by atoms with Crippen molar-refractivity contribution in [1.29, 1.82) is 0 Å². The summed E-state index contributed by atoms with van der Waals surface area (Å²) in [6.45, 7) is 0. The van der Waals surface area contributed by atoms with Crippen molar-refractivity contribution in [2.24, 2.45) is 0 Å². The van der Waals surface area contributed by atoms with Crippen molar-refractivity contribution in [3.05, 3.63) is 57.3 Å². The summed E-state index contributed by atoms with van der Waals surface area (Å²) < 4.78 is 28.7. The lowest BCUT2D eigenvalue weighted by Crippen LogP contribution is -2.06. The number of aromatic nitrogens is 1. The van der Waals surface area contributed by atoms with E-state index in [4.69, 9.17) is 11.6 Å². The predicted octanol–water partition coefficient (Wildman–Crippen LogP) is 3.43. The molecule has 94 valence electrons. The summed E-state index contributed by atoms with van der Waals surface area (Å²) >= 11 is 6.60. The molecular weight excluding hydrogens is 282 g/mol. The van der Waals surface area contributed by atoms with Gasteiger partial charge in [-0.25, -0.2) is 8.78 Å². The van der Waals surface area contributed by atoms with E-state index in [0.717, 1.165) is 24.1 Å². The lowest BCUT2D eigenvalue weighted by atomic mass is 10.3. The van der Waals surface area contributed by atoms with E-state index in [-0.39, 0.29) is 15.5 Å². The van der Waals surface area contributed by atoms with Crippen molar-refractivity contribution < 1.29 is 8.78 Å². The maximum Gasteiger partial charge on any atom is 0.250 e. The van der Waals surface area contributed by atoms with Gasteiger partial charge in [0.2, 0.25) is 0 Å². The molecule has 1 heterocycles. The lowest BCUT2D eigenvalue weighted by Gasteiger charge is -2.06. The second-order valence-electron chi connectivity index (χ2n) is 3.36. The zero-order valence-corrected chi connectivity index (χ0v) is 10.4. The Balaban J connectivity index is 2.13. The summed E-state index contributed by atoms with van der Waals surface area (Å²) in [5.41, 5.74) is -0.370. The molecule has 0 amide bonds. The van der Waals surface area contributed by atoms with Crippen LogP contribution in [0.25, 0.3) is 0 Å². The van der Waals surface area contributed by atoms with Gasteiger partial charge in [0.05, 0.1) is 4.90 Å². The SMILES string of the molecule is O=c1cc(Cl)cc(NSc2ccc(F)cc2F)[nH]1. The van der Waals surface area contributed by atoms with Crippen LogP contribution in [-0.2, 0) is 0 Å². The van der Waals surface area contributed by atoms with Gasteiger partial charge in [-0.05, 0) is 30.1 Å². The summed E-state index contributed by atoms with van der Waals surface area (Å²) in [6, 6.07) is 5.93. The smallest absolute Gasteiger partial charge is 0.250 e. The third-order valence-electron chi connectivity index (χ3n) is 1.97. The summed E-state index contributed by atoms with van der Waals surface area (Å²) in [6.07, 6.45) is 0. The van der Waals surface area contributed by atoms with Crippen LogP contribution in [0.4, 0.5) is 14.6 Å². The molecule has 0 aliphatic carbocycles. The van der Waals surface area contributed by atoms with Gasteiger partial charge in [0.1, 0.15) is 17.5 Å². The van der Waals surface area contributed by atoms with E-state index in [1.54, 1.807) is 0 Å². The molecule has 1 aromatic heterocycles. The molecule has 2 aromatic rings. The van der Waals surface area contributed by atoms with Crippen LogP contribution in [0.3, 0.4) is 0 Å². The van der Waals surface area contributed by atoms with Gasteiger partial charge in [-0.2, -0.15) is 0 Å². The zero-order chi connectivity index (χ0) is 13.1. The fourth-order valence-corrected chi connectivity index (χ4v) is 2.06. The standard InChI is InChI=1S/C11H7ClF2N2OS/c12-6-3-10(15-11(17)4-6)16-18-9-2-1-7(13)5-8(9)14/h1-5H,(H2,15,16,17). The summed E-state index contributed by atoms with van der Waals surface area (Å²) in [7, 11) is 0. The molecule has 2 N–H and O–H groups in total. The number of aromatic amines is 1. The molecule has 0 atom stereocenters. The number of anilines is 1. The lowest BCUT2D eigenvalue weighted by molar-refractivity contribution is 0.566. The van der Waals surface area contributed by atoms with Crippen LogP contribution >= 0.6 is 23.5 Å². The second kappa shape index (κ2) is 5.41. The third-order valence-corrected chi connectivity index (χ3v) is 3.07. The van der Waals surface area contributed by atoms with Gasteiger partial charge >= 0.3 is 0 Å². The maximum atomic E-state index is 13.3. The van der Waals surface area contributed by atoms with Crippen LogP contribution in [0.1, 0.15) is 0 Å². The molecule has 0 radical (unpaired) electrons. The molecule has 0 aliphatic rings. The van der Waals surface area contributed by atoms with Crippen LogP contribution in [0.15, 0.2) is 40.0 Å². The average Bonchev–Trinajstić information content (AvgIpc) is 2.26. The van der Waals surface area contributed by atoms with E-state index in [1.165, 1.54) is 18.2 Å². The summed E-state index contributed by atoms with van der Waals surface area (Å²) in [5, 5.41) is 0.265. The third kappa shape index (κ3) is 3.24. The Morgan fingerprint density at radius 2 is 2.00 bits per heavy atom. The Bertz CT molecular complexity index is 633. The highest BCUT2D eigenvalue weighted by molar-refractivity contribution is 8.00. The van der Waals surface area contributed by atoms with E-state index in [9.17, 15) is 13.6 Å². The van der Waals surface area contributed by atoms with Gasteiger partial charge in [0.15, 0.2) is 0 Å². The quantitative estimate of drug-likeness (QED) is 0.851. The van der Waals surface area contributed by atoms with Crippen LogP contribution in [0.2, 0.25) is 5.02 Å². The van der Waals surface area contributed by atoms with E-state index in [0.29, 0.717) is 5.82 Å². The number of benzene rings is 1. The molecule has 18 heavy (non-hydrogen) atoms. The van der Waals surface area contributed by atoms with Crippen molar-refractivity contribution in [3.8, 4) is 0 Å². The van der Waals surface area contributed by atoms with Gasteiger partial charge in [-0.15, -0.1) is 0 Å². The average molecular weight is 289 g/mol. The largest absolute Gasteiger partial charge is 0.312 e. The first-order valence-corrected chi connectivity index (χ1v) is 6.02. The summed E-state index contributed by atoms with van der Waals surface area (Å²) in [4.78, 5) is 13.8.